The summed E-state index contributed by atoms with van der Waals surface area (Å²) in [6.45, 7) is 3.85. The molecular formula is C28H30N6O5. The molecule has 0 radical (unpaired) electrons. The van der Waals surface area contributed by atoms with E-state index in [1.54, 1.807) is 39.2 Å². The molecule has 11 nitrogen and oxygen atoms in total. The Balaban J connectivity index is 1.81. The Hall–Kier alpha value is -4.67. The second-order valence-electron chi connectivity index (χ2n) is 10.1. The molecule has 3 heterocycles. The molecule has 1 unspecified atom stereocenters. The van der Waals surface area contributed by atoms with Crippen molar-refractivity contribution in [3.8, 4) is 0 Å². The van der Waals surface area contributed by atoms with Crippen molar-refractivity contribution in [1.29, 1.82) is 0 Å². The summed E-state index contributed by atoms with van der Waals surface area (Å²) in [5.74, 6) is -3.61. The van der Waals surface area contributed by atoms with Crippen LogP contribution < -0.4 is 10.4 Å². The Morgan fingerprint density at radius 1 is 0.846 bits per heavy atom. The number of carbonyl (C=O) groups is 3. The van der Waals surface area contributed by atoms with E-state index in [4.69, 9.17) is 0 Å². The molecule has 0 aliphatic carbocycles. The van der Waals surface area contributed by atoms with Gasteiger partial charge in [0, 0.05) is 42.0 Å². The zero-order valence-electron chi connectivity index (χ0n) is 22.7. The van der Waals surface area contributed by atoms with Gasteiger partial charge in [-0.3, -0.25) is 28.5 Å². The number of imidazole rings is 2. The first-order valence-corrected chi connectivity index (χ1v) is 12.5. The lowest BCUT2D eigenvalue weighted by atomic mass is 9.82. The van der Waals surface area contributed by atoms with E-state index in [0.717, 1.165) is 20.1 Å². The monoisotopic (exact) mass is 530 g/mol. The molecule has 0 saturated carbocycles. The number of rotatable bonds is 5. The van der Waals surface area contributed by atoms with Crippen LogP contribution in [0.4, 0.5) is 4.79 Å². The third-order valence-corrected chi connectivity index (χ3v) is 7.94. The molecule has 1 aliphatic heterocycles. The van der Waals surface area contributed by atoms with Gasteiger partial charge in [-0.2, -0.15) is 0 Å². The van der Waals surface area contributed by atoms with E-state index in [2.05, 4.69) is 0 Å². The van der Waals surface area contributed by atoms with E-state index in [1.807, 2.05) is 41.8 Å². The summed E-state index contributed by atoms with van der Waals surface area (Å²) in [5.41, 5.74) is 3.59. The van der Waals surface area contributed by atoms with E-state index in [-0.39, 0.29) is 11.5 Å². The molecule has 2 aromatic carbocycles. The van der Waals surface area contributed by atoms with Gasteiger partial charge >= 0.3 is 11.7 Å². The number of imide groups is 2. The summed E-state index contributed by atoms with van der Waals surface area (Å²) in [4.78, 5) is 54.3. The summed E-state index contributed by atoms with van der Waals surface area (Å²) in [6.07, 6.45) is 0. The zero-order chi connectivity index (χ0) is 28.3. The standard InChI is InChI=1S/C28H30N6O5/c1-16-17(2)34(39)24(33(16)15-18-10-8-7-9-11-18)22(23-25(35)31(5)28(38)32(6)26(23)36)19-12-13-20-21(14-19)30(4)27(37)29(20)3/h7-14,22-23H,15H2,1-6H3. The molecule has 4 aromatic rings. The maximum atomic E-state index is 13.8. The van der Waals surface area contributed by atoms with Crippen molar-refractivity contribution >= 4 is 28.9 Å². The largest absolute Gasteiger partial charge is 0.711 e. The summed E-state index contributed by atoms with van der Waals surface area (Å²) in [5, 5.41) is 13.8. The maximum absolute atomic E-state index is 13.8. The molecule has 2 aromatic heterocycles. The van der Waals surface area contributed by atoms with Crippen LogP contribution in [0.5, 0.6) is 0 Å². The molecule has 1 saturated heterocycles. The van der Waals surface area contributed by atoms with Gasteiger partial charge in [-0.1, -0.05) is 36.4 Å². The number of barbiturate groups is 1. The average molecular weight is 531 g/mol. The van der Waals surface area contributed by atoms with Crippen molar-refractivity contribution in [2.24, 2.45) is 20.0 Å². The normalized spacial score (nSPS) is 15.6. The Morgan fingerprint density at radius 3 is 2.05 bits per heavy atom. The lowest BCUT2D eigenvalue weighted by Crippen LogP contribution is -2.59. The number of benzene rings is 2. The van der Waals surface area contributed by atoms with E-state index < -0.39 is 29.7 Å². The molecular weight excluding hydrogens is 500 g/mol. The predicted molar refractivity (Wildman–Crippen MR) is 143 cm³/mol. The number of fused-ring (bicyclic) bond motifs is 1. The van der Waals surface area contributed by atoms with E-state index in [1.165, 1.54) is 23.2 Å². The molecule has 1 fully saturated rings. The van der Waals surface area contributed by atoms with Gasteiger partial charge in [-0.15, -0.1) is 0 Å². The second-order valence-corrected chi connectivity index (χ2v) is 10.1. The topological polar surface area (TPSA) is 116 Å². The zero-order valence-corrected chi connectivity index (χ0v) is 22.7. The highest BCUT2D eigenvalue weighted by Crippen LogP contribution is 2.37. The van der Waals surface area contributed by atoms with E-state index in [9.17, 15) is 24.4 Å². The summed E-state index contributed by atoms with van der Waals surface area (Å²) in [6, 6.07) is 14.1. The van der Waals surface area contributed by atoms with Crippen LogP contribution in [0.3, 0.4) is 0 Å². The number of nitrogens with zero attached hydrogens (tertiary/aromatic N) is 6. The summed E-state index contributed by atoms with van der Waals surface area (Å²) < 4.78 is 5.58. The first-order valence-electron chi connectivity index (χ1n) is 12.5. The molecule has 0 bridgehead atoms. The van der Waals surface area contributed by atoms with Crippen LogP contribution in [0.15, 0.2) is 53.3 Å². The molecule has 1 atom stereocenters. The molecule has 0 N–H and O–H groups in total. The number of amides is 4. The summed E-state index contributed by atoms with van der Waals surface area (Å²) in [7, 11) is 5.95. The molecule has 39 heavy (non-hydrogen) atoms. The van der Waals surface area contributed by atoms with Gasteiger partial charge in [0.25, 0.3) is 5.82 Å². The molecule has 1 aliphatic rings. The van der Waals surface area contributed by atoms with Gasteiger partial charge < -0.3 is 5.21 Å². The van der Waals surface area contributed by atoms with Crippen molar-refractivity contribution in [2.45, 2.75) is 26.3 Å². The Bertz CT molecular complexity index is 1690. The van der Waals surface area contributed by atoms with Crippen LogP contribution in [0.1, 0.15) is 34.3 Å². The number of hydrogen-bond acceptors (Lipinski definition) is 5. The van der Waals surface area contributed by atoms with Crippen LogP contribution in [0.2, 0.25) is 0 Å². The van der Waals surface area contributed by atoms with Gasteiger partial charge in [0.05, 0.1) is 11.0 Å². The lowest BCUT2D eigenvalue weighted by molar-refractivity contribution is -0.621. The Kier molecular flexibility index (Phi) is 6.16. The third kappa shape index (κ3) is 3.84. The number of carbonyl (C=O) groups excluding carboxylic acids is 3. The fourth-order valence-electron chi connectivity index (χ4n) is 5.48. The summed E-state index contributed by atoms with van der Waals surface area (Å²) >= 11 is 0. The lowest BCUT2D eigenvalue weighted by Gasteiger charge is -2.36. The minimum atomic E-state index is -1.38. The molecule has 11 heteroatoms. The van der Waals surface area contributed by atoms with Gasteiger partial charge in [-0.05, 0) is 23.3 Å². The predicted octanol–water partition coefficient (Wildman–Crippen LogP) is 1.78. The molecule has 202 valence electrons. The minimum Gasteiger partial charge on any atom is -0.711 e. The average Bonchev–Trinajstić information content (AvgIpc) is 3.28. The number of aromatic nitrogens is 4. The minimum absolute atomic E-state index is 0.206. The molecule has 4 amide bonds. The molecule has 5 rings (SSSR count). The second kappa shape index (κ2) is 9.26. The van der Waals surface area contributed by atoms with Crippen LogP contribution in [-0.4, -0.2) is 55.4 Å². The Labute approximate surface area is 224 Å². The van der Waals surface area contributed by atoms with E-state index >= 15 is 0 Å². The van der Waals surface area contributed by atoms with Gasteiger partial charge in [0.1, 0.15) is 29.8 Å². The first-order chi connectivity index (χ1) is 18.5. The number of hydrogen-bond donors (Lipinski definition) is 0. The van der Waals surface area contributed by atoms with Crippen molar-refractivity contribution in [1.82, 2.24) is 23.5 Å². The van der Waals surface area contributed by atoms with Crippen LogP contribution >= 0.6 is 0 Å². The van der Waals surface area contributed by atoms with Crippen molar-refractivity contribution in [3.05, 3.63) is 92.6 Å². The van der Waals surface area contributed by atoms with Crippen LogP contribution in [0, 0.1) is 25.0 Å². The highest BCUT2D eigenvalue weighted by molar-refractivity contribution is 6.16. The van der Waals surface area contributed by atoms with Crippen LogP contribution in [0.25, 0.3) is 11.0 Å². The molecule has 0 spiro atoms. The van der Waals surface area contributed by atoms with Crippen LogP contribution in [-0.2, 0) is 30.2 Å². The maximum Gasteiger partial charge on any atom is 0.332 e. The van der Waals surface area contributed by atoms with Gasteiger partial charge in [-0.25, -0.2) is 18.9 Å². The SMILES string of the molecule is Cc1c(C)[n+]([O-])c(C(c2ccc3c(c2)n(C)c(=O)n3C)C2C(=O)N(C)C(=O)N(C)C2=O)n1Cc1ccccc1. The van der Waals surface area contributed by atoms with Gasteiger partial charge in [0.2, 0.25) is 11.8 Å². The van der Waals surface area contributed by atoms with Crippen molar-refractivity contribution in [3.63, 3.8) is 0 Å². The fraction of sp³-hybridized carbons (Fsp3) is 0.321. The van der Waals surface area contributed by atoms with Gasteiger partial charge in [0.15, 0.2) is 0 Å². The third-order valence-electron chi connectivity index (χ3n) is 7.94. The Morgan fingerprint density at radius 2 is 1.44 bits per heavy atom. The first kappa shape index (κ1) is 26.0. The van der Waals surface area contributed by atoms with Crippen molar-refractivity contribution < 1.29 is 19.1 Å². The number of urea groups is 1. The van der Waals surface area contributed by atoms with Crippen molar-refractivity contribution in [2.75, 3.05) is 14.1 Å². The fourth-order valence-corrected chi connectivity index (χ4v) is 5.48. The smallest absolute Gasteiger partial charge is 0.332 e. The van der Waals surface area contributed by atoms with E-state index in [0.29, 0.717) is 34.5 Å². The highest BCUT2D eigenvalue weighted by Gasteiger charge is 2.51. The quantitative estimate of drug-likeness (QED) is 0.222. The number of aryl methyl sites for hydroxylation is 2. The highest BCUT2D eigenvalue weighted by atomic mass is 16.5.